The third-order valence-corrected chi connectivity index (χ3v) is 2.97. The van der Waals surface area contributed by atoms with Crippen LogP contribution in [0.3, 0.4) is 0 Å². The molecule has 0 aromatic carbocycles. The third kappa shape index (κ3) is 3.80. The average molecular weight is 253 g/mol. The number of nitrogens with one attached hydrogen (secondary N) is 2. The topological polar surface area (TPSA) is 73.9 Å². The van der Waals surface area contributed by atoms with Crippen LogP contribution in [0.1, 0.15) is 37.2 Å². The standard InChI is InChI=1S/C12H23N5O/c1-6-10-14-11(16-15-10)12(18)13-7-9(8(2)3)17(4)5/h8-9H,6-7H2,1-5H3,(H,13,18)(H,14,15,16). The lowest BCUT2D eigenvalue weighted by atomic mass is 10.0. The predicted molar refractivity (Wildman–Crippen MR) is 70.4 cm³/mol. The highest BCUT2D eigenvalue weighted by atomic mass is 16.2. The normalized spacial score (nSPS) is 13.1. The van der Waals surface area contributed by atoms with Crippen LogP contribution in [-0.2, 0) is 6.42 Å². The summed E-state index contributed by atoms with van der Waals surface area (Å²) in [6, 6.07) is 0.304. The largest absolute Gasteiger partial charge is 0.348 e. The zero-order valence-electron chi connectivity index (χ0n) is 11.8. The van der Waals surface area contributed by atoms with Crippen molar-refractivity contribution in [2.75, 3.05) is 20.6 Å². The molecule has 1 heterocycles. The van der Waals surface area contributed by atoms with Gasteiger partial charge >= 0.3 is 0 Å². The van der Waals surface area contributed by atoms with Crippen LogP contribution in [0, 0.1) is 5.92 Å². The van der Waals surface area contributed by atoms with Gasteiger partial charge in [0.15, 0.2) is 0 Å². The van der Waals surface area contributed by atoms with Crippen molar-refractivity contribution < 1.29 is 4.79 Å². The number of nitrogens with zero attached hydrogens (tertiary/aromatic N) is 3. The molecule has 0 fully saturated rings. The summed E-state index contributed by atoms with van der Waals surface area (Å²) in [6.45, 7) is 6.83. The first kappa shape index (κ1) is 14.6. The third-order valence-electron chi connectivity index (χ3n) is 2.97. The average Bonchev–Trinajstić information content (AvgIpc) is 2.76. The van der Waals surface area contributed by atoms with Crippen molar-refractivity contribution in [3.05, 3.63) is 11.6 Å². The molecule has 0 aliphatic rings. The number of H-pyrrole nitrogens is 1. The summed E-state index contributed by atoms with van der Waals surface area (Å²) in [5.41, 5.74) is 0. The van der Waals surface area contributed by atoms with Gasteiger partial charge in [-0.2, -0.15) is 0 Å². The summed E-state index contributed by atoms with van der Waals surface area (Å²) in [5.74, 6) is 1.19. The van der Waals surface area contributed by atoms with E-state index in [2.05, 4.69) is 39.2 Å². The lowest BCUT2D eigenvalue weighted by Gasteiger charge is -2.27. The monoisotopic (exact) mass is 253 g/mol. The van der Waals surface area contributed by atoms with Gasteiger partial charge < -0.3 is 10.2 Å². The molecule has 1 amide bonds. The molecule has 2 N–H and O–H groups in total. The maximum absolute atomic E-state index is 11.8. The molecule has 1 unspecified atom stereocenters. The summed E-state index contributed by atoms with van der Waals surface area (Å²) in [5, 5.41) is 9.50. The zero-order chi connectivity index (χ0) is 13.7. The summed E-state index contributed by atoms with van der Waals surface area (Å²) in [7, 11) is 4.03. The van der Waals surface area contributed by atoms with E-state index >= 15 is 0 Å². The Morgan fingerprint density at radius 1 is 1.44 bits per heavy atom. The molecule has 18 heavy (non-hydrogen) atoms. The summed E-state index contributed by atoms with van der Waals surface area (Å²) in [6.07, 6.45) is 0.743. The van der Waals surface area contributed by atoms with Gasteiger partial charge in [-0.05, 0) is 20.0 Å². The van der Waals surface area contributed by atoms with Crippen molar-refractivity contribution in [2.45, 2.75) is 33.2 Å². The van der Waals surface area contributed by atoms with Crippen molar-refractivity contribution in [1.29, 1.82) is 0 Å². The summed E-state index contributed by atoms with van der Waals surface area (Å²) < 4.78 is 0. The van der Waals surface area contributed by atoms with Gasteiger partial charge in [-0.25, -0.2) is 4.98 Å². The maximum atomic E-state index is 11.8. The number of likely N-dealkylation sites (N-methyl/N-ethyl adjacent to an activating group) is 1. The number of hydrogen-bond donors (Lipinski definition) is 2. The number of aryl methyl sites for hydroxylation is 1. The molecule has 0 saturated carbocycles. The van der Waals surface area contributed by atoms with Gasteiger partial charge in [0.05, 0.1) is 0 Å². The van der Waals surface area contributed by atoms with E-state index < -0.39 is 0 Å². The van der Waals surface area contributed by atoms with Crippen LogP contribution in [0.25, 0.3) is 0 Å². The van der Waals surface area contributed by atoms with E-state index in [4.69, 9.17) is 0 Å². The van der Waals surface area contributed by atoms with E-state index in [-0.39, 0.29) is 11.7 Å². The molecule has 1 rings (SSSR count). The van der Waals surface area contributed by atoms with Gasteiger partial charge in [0.25, 0.3) is 5.91 Å². The summed E-state index contributed by atoms with van der Waals surface area (Å²) >= 11 is 0. The summed E-state index contributed by atoms with van der Waals surface area (Å²) in [4.78, 5) is 18.1. The van der Waals surface area contributed by atoms with Crippen LogP contribution in [-0.4, -0.2) is 52.7 Å². The molecule has 6 nitrogen and oxygen atoms in total. The molecule has 0 saturated heterocycles. The number of rotatable bonds is 6. The molecule has 0 aliphatic carbocycles. The van der Waals surface area contributed by atoms with E-state index in [0.717, 1.165) is 12.2 Å². The number of aromatic nitrogens is 3. The Morgan fingerprint density at radius 2 is 2.11 bits per heavy atom. The van der Waals surface area contributed by atoms with E-state index in [9.17, 15) is 4.79 Å². The fourth-order valence-electron chi connectivity index (χ4n) is 1.85. The number of aromatic amines is 1. The number of carbonyl (C=O) groups excluding carboxylic acids is 1. The Kier molecular flexibility index (Phi) is 5.27. The highest BCUT2D eigenvalue weighted by Gasteiger charge is 2.18. The second-order valence-electron chi connectivity index (χ2n) is 4.94. The Morgan fingerprint density at radius 3 is 2.56 bits per heavy atom. The minimum Gasteiger partial charge on any atom is -0.348 e. The second kappa shape index (κ2) is 6.49. The smallest absolute Gasteiger partial charge is 0.291 e. The Hall–Kier alpha value is -1.43. The number of hydrogen-bond acceptors (Lipinski definition) is 4. The minimum atomic E-state index is -0.224. The lowest BCUT2D eigenvalue weighted by Crippen LogP contribution is -2.43. The maximum Gasteiger partial charge on any atom is 0.291 e. The van der Waals surface area contributed by atoms with Crippen molar-refractivity contribution in [3.63, 3.8) is 0 Å². The molecular weight excluding hydrogens is 230 g/mol. The van der Waals surface area contributed by atoms with E-state index in [1.807, 2.05) is 21.0 Å². The first-order valence-electron chi connectivity index (χ1n) is 6.31. The van der Waals surface area contributed by atoms with Crippen molar-refractivity contribution in [3.8, 4) is 0 Å². The van der Waals surface area contributed by atoms with E-state index in [1.54, 1.807) is 0 Å². The zero-order valence-corrected chi connectivity index (χ0v) is 11.8. The molecular formula is C12H23N5O. The minimum absolute atomic E-state index is 0.216. The number of amides is 1. The molecule has 6 heteroatoms. The Balaban J connectivity index is 2.54. The fraction of sp³-hybridized carbons (Fsp3) is 0.750. The van der Waals surface area contributed by atoms with E-state index in [1.165, 1.54) is 0 Å². The first-order valence-corrected chi connectivity index (χ1v) is 6.31. The highest BCUT2D eigenvalue weighted by molar-refractivity contribution is 5.90. The highest BCUT2D eigenvalue weighted by Crippen LogP contribution is 2.06. The van der Waals surface area contributed by atoms with Crippen LogP contribution in [0.15, 0.2) is 0 Å². The van der Waals surface area contributed by atoms with Gasteiger partial charge in [-0.3, -0.25) is 9.89 Å². The van der Waals surface area contributed by atoms with Crippen LogP contribution in [0.5, 0.6) is 0 Å². The molecule has 0 aliphatic heterocycles. The van der Waals surface area contributed by atoms with Gasteiger partial charge in [0, 0.05) is 19.0 Å². The van der Waals surface area contributed by atoms with Gasteiger partial charge in [-0.1, -0.05) is 20.8 Å². The number of carbonyl (C=O) groups is 1. The van der Waals surface area contributed by atoms with Crippen molar-refractivity contribution in [1.82, 2.24) is 25.4 Å². The molecule has 1 aromatic heterocycles. The molecule has 1 atom stereocenters. The quantitative estimate of drug-likeness (QED) is 0.782. The predicted octanol–water partition coefficient (Wildman–Crippen LogP) is 0.683. The van der Waals surface area contributed by atoms with Crippen molar-refractivity contribution >= 4 is 5.91 Å². The molecule has 0 bridgehead atoms. The SMILES string of the molecule is CCc1nc(C(=O)NCC(C(C)C)N(C)C)n[nH]1. The Bertz CT molecular complexity index is 378. The lowest BCUT2D eigenvalue weighted by molar-refractivity contribution is 0.0924. The first-order chi connectivity index (χ1) is 8.45. The van der Waals surface area contributed by atoms with Gasteiger partial charge in [-0.15, -0.1) is 5.10 Å². The van der Waals surface area contributed by atoms with Crippen LogP contribution >= 0.6 is 0 Å². The Labute approximate surface area is 108 Å². The molecule has 102 valence electrons. The molecule has 1 aromatic rings. The molecule has 0 spiro atoms. The fourth-order valence-corrected chi connectivity index (χ4v) is 1.85. The van der Waals surface area contributed by atoms with Crippen molar-refractivity contribution in [2.24, 2.45) is 5.92 Å². The van der Waals surface area contributed by atoms with Gasteiger partial charge in [0.1, 0.15) is 5.82 Å². The van der Waals surface area contributed by atoms with Gasteiger partial charge in [0.2, 0.25) is 5.82 Å². The second-order valence-corrected chi connectivity index (χ2v) is 4.94. The van der Waals surface area contributed by atoms with E-state index in [0.29, 0.717) is 18.5 Å². The van der Waals surface area contributed by atoms with Crippen LogP contribution in [0.4, 0.5) is 0 Å². The van der Waals surface area contributed by atoms with Crippen LogP contribution in [0.2, 0.25) is 0 Å². The van der Waals surface area contributed by atoms with Crippen LogP contribution < -0.4 is 5.32 Å². The molecule has 0 radical (unpaired) electrons.